The fourth-order valence-corrected chi connectivity index (χ4v) is 5.30. The van der Waals surface area contributed by atoms with Crippen molar-refractivity contribution in [2.45, 2.75) is 42.8 Å². The molecule has 0 saturated heterocycles. The van der Waals surface area contributed by atoms with Gasteiger partial charge >= 0.3 is 6.18 Å². The van der Waals surface area contributed by atoms with Gasteiger partial charge in [0.15, 0.2) is 9.84 Å². The number of pyridine rings is 1. The topological polar surface area (TPSA) is 76.1 Å². The number of carbonyl (C=O) groups excluding carboxylic acids is 1. The van der Waals surface area contributed by atoms with Crippen molar-refractivity contribution in [1.29, 1.82) is 0 Å². The zero-order valence-corrected chi connectivity index (χ0v) is 16.6. The Labute approximate surface area is 171 Å². The maximum Gasteiger partial charge on any atom is 0.416 e. The van der Waals surface area contributed by atoms with Crippen LogP contribution in [0.5, 0.6) is 0 Å². The summed E-state index contributed by atoms with van der Waals surface area (Å²) in [7, 11) is -3.87. The Bertz CT molecular complexity index is 1020. The first-order chi connectivity index (χ1) is 14.0. The summed E-state index contributed by atoms with van der Waals surface area (Å²) in [5.74, 6) is -1.65. The van der Waals surface area contributed by atoms with E-state index in [1.807, 2.05) is 0 Å². The van der Waals surface area contributed by atoms with Crippen molar-refractivity contribution < 1.29 is 30.8 Å². The molecule has 1 aliphatic carbocycles. The van der Waals surface area contributed by atoms with Crippen molar-refractivity contribution in [2.75, 3.05) is 5.75 Å². The predicted molar refractivity (Wildman–Crippen MR) is 101 cm³/mol. The molecule has 162 valence electrons. The molecule has 10 heteroatoms. The number of hydrogen-bond acceptors (Lipinski definition) is 4. The highest BCUT2D eigenvalue weighted by Crippen LogP contribution is 2.32. The molecule has 0 spiro atoms. The van der Waals surface area contributed by atoms with Crippen molar-refractivity contribution in [2.24, 2.45) is 5.92 Å². The number of alkyl halides is 3. The zero-order chi connectivity index (χ0) is 21.9. The standard InChI is InChI=1S/C20H20F4N2O3S/c21-18-10-14(8-9-25-18)19(27)26-16-6-4-13(5-7-16)12-30(28,29)17-3-1-2-15(11-17)20(22,23)24/h1-3,8-11,13,16H,4-7,12H2,(H,26,27). The first-order valence-corrected chi connectivity index (χ1v) is 11.0. The van der Waals surface area contributed by atoms with E-state index in [1.165, 1.54) is 18.3 Å². The summed E-state index contributed by atoms with van der Waals surface area (Å²) in [6.07, 6.45) is -1.34. The monoisotopic (exact) mass is 444 g/mol. The predicted octanol–water partition coefficient (Wildman–Crippen LogP) is 4.00. The van der Waals surface area contributed by atoms with Crippen molar-refractivity contribution in [3.63, 3.8) is 0 Å². The van der Waals surface area contributed by atoms with Gasteiger partial charge in [-0.05, 0) is 55.9 Å². The molecule has 1 amide bonds. The highest BCUT2D eigenvalue weighted by atomic mass is 32.2. The van der Waals surface area contributed by atoms with Crippen LogP contribution in [0.3, 0.4) is 0 Å². The molecule has 1 aromatic heterocycles. The van der Waals surface area contributed by atoms with Gasteiger partial charge in [0, 0.05) is 23.9 Å². The highest BCUT2D eigenvalue weighted by molar-refractivity contribution is 7.91. The number of carbonyl (C=O) groups is 1. The summed E-state index contributed by atoms with van der Waals surface area (Å²) in [6, 6.07) is 6.00. The molecule has 0 bridgehead atoms. The SMILES string of the molecule is O=C(NC1CCC(CS(=O)(=O)c2cccc(C(F)(F)F)c2)CC1)c1ccnc(F)c1. The number of amides is 1. The molecule has 5 nitrogen and oxygen atoms in total. The molecule has 2 aromatic rings. The fraction of sp³-hybridized carbons (Fsp3) is 0.400. The molecule has 0 atom stereocenters. The maximum absolute atomic E-state index is 13.1. The van der Waals surface area contributed by atoms with Crippen molar-refractivity contribution >= 4 is 15.7 Å². The highest BCUT2D eigenvalue weighted by Gasteiger charge is 2.33. The van der Waals surface area contributed by atoms with Gasteiger partial charge in [0.25, 0.3) is 5.91 Å². The van der Waals surface area contributed by atoms with Gasteiger partial charge in [0.05, 0.1) is 16.2 Å². The second-order valence-electron chi connectivity index (χ2n) is 7.37. The Hall–Kier alpha value is -2.49. The van der Waals surface area contributed by atoms with Crippen LogP contribution in [0.25, 0.3) is 0 Å². The van der Waals surface area contributed by atoms with Crippen molar-refractivity contribution in [3.05, 3.63) is 59.7 Å². The van der Waals surface area contributed by atoms with Gasteiger partial charge in [0.1, 0.15) is 0 Å². The summed E-state index contributed by atoms with van der Waals surface area (Å²) < 4.78 is 76.8. The van der Waals surface area contributed by atoms with Gasteiger partial charge in [-0.25, -0.2) is 13.4 Å². The number of hydrogen-bond donors (Lipinski definition) is 1. The second kappa shape index (κ2) is 8.71. The van der Waals surface area contributed by atoms with Gasteiger partial charge in [-0.15, -0.1) is 0 Å². The van der Waals surface area contributed by atoms with E-state index in [9.17, 15) is 30.8 Å². The minimum absolute atomic E-state index is 0.150. The molecule has 1 heterocycles. The lowest BCUT2D eigenvalue weighted by Gasteiger charge is -2.29. The number of sulfone groups is 1. The smallest absolute Gasteiger partial charge is 0.349 e. The molecule has 1 fully saturated rings. The van der Waals surface area contributed by atoms with E-state index in [4.69, 9.17) is 0 Å². The van der Waals surface area contributed by atoms with Gasteiger partial charge < -0.3 is 5.32 Å². The van der Waals surface area contributed by atoms with Crippen molar-refractivity contribution in [1.82, 2.24) is 10.3 Å². The first-order valence-electron chi connectivity index (χ1n) is 9.37. The van der Waals surface area contributed by atoms with Crippen LogP contribution in [0.1, 0.15) is 41.6 Å². The van der Waals surface area contributed by atoms with E-state index < -0.39 is 33.4 Å². The van der Waals surface area contributed by atoms with E-state index in [0.717, 1.165) is 18.2 Å². The third kappa shape index (κ3) is 5.56. The number of rotatable bonds is 5. The summed E-state index contributed by atoms with van der Waals surface area (Å²) >= 11 is 0. The van der Waals surface area contributed by atoms with Crippen LogP contribution >= 0.6 is 0 Å². The minimum atomic E-state index is -4.61. The number of nitrogens with one attached hydrogen (secondary N) is 1. The zero-order valence-electron chi connectivity index (χ0n) is 15.8. The van der Waals surface area contributed by atoms with E-state index in [2.05, 4.69) is 10.3 Å². The molecule has 1 N–H and O–H groups in total. The number of benzene rings is 1. The number of nitrogens with zero attached hydrogens (tertiary/aromatic N) is 1. The minimum Gasteiger partial charge on any atom is -0.349 e. The second-order valence-corrected chi connectivity index (χ2v) is 9.40. The van der Waals surface area contributed by atoms with Gasteiger partial charge in [-0.2, -0.15) is 17.6 Å². The van der Waals surface area contributed by atoms with E-state index >= 15 is 0 Å². The maximum atomic E-state index is 13.1. The summed E-state index contributed by atoms with van der Waals surface area (Å²) in [6.45, 7) is 0. The first kappa shape index (κ1) is 22.2. The summed E-state index contributed by atoms with van der Waals surface area (Å²) in [4.78, 5) is 15.2. The normalized spacial score (nSPS) is 20.0. The molecule has 1 aliphatic rings. The fourth-order valence-electron chi connectivity index (χ4n) is 3.56. The lowest BCUT2D eigenvalue weighted by atomic mass is 9.87. The van der Waals surface area contributed by atoms with Gasteiger partial charge in [-0.3, -0.25) is 4.79 Å². The largest absolute Gasteiger partial charge is 0.416 e. The Kier molecular flexibility index (Phi) is 6.44. The molecular weight excluding hydrogens is 424 g/mol. The molecular formula is C20H20F4N2O3S. The lowest BCUT2D eigenvalue weighted by molar-refractivity contribution is -0.137. The Morgan fingerprint density at radius 1 is 1.10 bits per heavy atom. The lowest BCUT2D eigenvalue weighted by Crippen LogP contribution is -2.38. The quantitative estimate of drug-likeness (QED) is 0.559. The van der Waals surface area contributed by atoms with Crippen LogP contribution in [0, 0.1) is 11.9 Å². The summed E-state index contributed by atoms with van der Waals surface area (Å²) in [5, 5.41) is 2.79. The van der Waals surface area contributed by atoms with Crippen LogP contribution < -0.4 is 5.32 Å². The van der Waals surface area contributed by atoms with E-state index in [0.29, 0.717) is 31.7 Å². The van der Waals surface area contributed by atoms with Gasteiger partial charge in [-0.1, -0.05) is 6.07 Å². The third-order valence-corrected chi connectivity index (χ3v) is 7.03. The Morgan fingerprint density at radius 3 is 2.43 bits per heavy atom. The van der Waals surface area contributed by atoms with Crippen LogP contribution in [0.4, 0.5) is 17.6 Å². The Balaban J connectivity index is 1.57. The average Bonchev–Trinajstić information content (AvgIpc) is 2.69. The average molecular weight is 444 g/mol. The van der Waals surface area contributed by atoms with Crippen LogP contribution in [0.2, 0.25) is 0 Å². The molecule has 1 saturated carbocycles. The third-order valence-electron chi connectivity index (χ3n) is 5.15. The number of aromatic nitrogens is 1. The molecule has 3 rings (SSSR count). The molecule has 30 heavy (non-hydrogen) atoms. The van der Waals surface area contributed by atoms with E-state index in [1.54, 1.807) is 0 Å². The molecule has 0 unspecified atom stereocenters. The number of halogens is 4. The van der Waals surface area contributed by atoms with Crippen LogP contribution in [-0.2, 0) is 16.0 Å². The molecule has 1 aromatic carbocycles. The molecule has 0 aliphatic heterocycles. The van der Waals surface area contributed by atoms with E-state index in [-0.39, 0.29) is 28.2 Å². The van der Waals surface area contributed by atoms with Crippen LogP contribution in [0.15, 0.2) is 47.5 Å². The Morgan fingerprint density at radius 2 is 1.80 bits per heavy atom. The van der Waals surface area contributed by atoms with Crippen LogP contribution in [-0.4, -0.2) is 31.1 Å². The molecule has 0 radical (unpaired) electrons. The van der Waals surface area contributed by atoms with Gasteiger partial charge in [0.2, 0.25) is 5.95 Å². The summed E-state index contributed by atoms with van der Waals surface area (Å²) in [5.41, 5.74) is -0.848. The van der Waals surface area contributed by atoms with Crippen molar-refractivity contribution in [3.8, 4) is 0 Å².